The Bertz CT molecular complexity index is 889. The first-order valence-electron chi connectivity index (χ1n) is 10.2. The van der Waals surface area contributed by atoms with Crippen LogP contribution in [0.15, 0.2) is 42.5 Å². The van der Waals surface area contributed by atoms with Gasteiger partial charge in [-0.25, -0.2) is 0 Å². The molecule has 2 aromatic carbocycles. The molecular formula is C23H27Cl2N3O2. The van der Waals surface area contributed by atoms with Crippen molar-refractivity contribution in [2.75, 3.05) is 18.4 Å². The maximum absolute atomic E-state index is 12.8. The third-order valence-corrected chi connectivity index (χ3v) is 5.96. The zero-order valence-electron chi connectivity index (χ0n) is 17.3. The lowest BCUT2D eigenvalue weighted by Gasteiger charge is -2.31. The fraction of sp³-hybridized carbons (Fsp3) is 0.391. The van der Waals surface area contributed by atoms with E-state index in [9.17, 15) is 9.59 Å². The fourth-order valence-electron chi connectivity index (χ4n) is 3.63. The van der Waals surface area contributed by atoms with Crippen molar-refractivity contribution in [3.05, 3.63) is 63.6 Å². The Morgan fingerprint density at radius 3 is 2.30 bits per heavy atom. The van der Waals surface area contributed by atoms with Gasteiger partial charge < -0.3 is 10.6 Å². The van der Waals surface area contributed by atoms with E-state index in [4.69, 9.17) is 23.2 Å². The predicted octanol–water partition coefficient (Wildman–Crippen LogP) is 4.98. The van der Waals surface area contributed by atoms with Crippen molar-refractivity contribution < 1.29 is 9.59 Å². The van der Waals surface area contributed by atoms with Gasteiger partial charge in [0.15, 0.2) is 0 Å². The summed E-state index contributed by atoms with van der Waals surface area (Å²) < 4.78 is 0. The minimum atomic E-state index is -0.188. The number of rotatable bonds is 6. The summed E-state index contributed by atoms with van der Waals surface area (Å²) in [7, 11) is 0. The summed E-state index contributed by atoms with van der Waals surface area (Å²) >= 11 is 12.6. The highest BCUT2D eigenvalue weighted by Gasteiger charge is 2.26. The molecule has 0 radical (unpaired) electrons. The average molecular weight is 448 g/mol. The fourth-order valence-corrected chi connectivity index (χ4v) is 4.14. The van der Waals surface area contributed by atoms with Crippen LogP contribution in [0.4, 0.5) is 5.69 Å². The highest BCUT2D eigenvalue weighted by atomic mass is 35.5. The minimum absolute atomic E-state index is 0.0252. The van der Waals surface area contributed by atoms with Gasteiger partial charge in [-0.05, 0) is 64.0 Å². The lowest BCUT2D eigenvalue weighted by molar-refractivity contribution is -0.121. The number of carbonyl (C=O) groups excluding carboxylic acids is 2. The first-order valence-corrected chi connectivity index (χ1v) is 11.0. The van der Waals surface area contributed by atoms with E-state index in [1.165, 1.54) is 0 Å². The number of benzene rings is 2. The Morgan fingerprint density at radius 1 is 1.03 bits per heavy atom. The van der Waals surface area contributed by atoms with Crippen LogP contribution in [0.2, 0.25) is 10.0 Å². The van der Waals surface area contributed by atoms with E-state index in [0.29, 0.717) is 27.8 Å². The number of hydrogen-bond acceptors (Lipinski definition) is 3. The molecule has 0 aromatic heterocycles. The summed E-state index contributed by atoms with van der Waals surface area (Å²) in [6.07, 6.45) is 1.49. The van der Waals surface area contributed by atoms with Crippen molar-refractivity contribution in [3.8, 4) is 0 Å². The number of amides is 2. The van der Waals surface area contributed by atoms with Gasteiger partial charge in [0, 0.05) is 34.1 Å². The lowest BCUT2D eigenvalue weighted by Crippen LogP contribution is -2.38. The van der Waals surface area contributed by atoms with Crippen molar-refractivity contribution in [2.45, 2.75) is 39.3 Å². The normalized spacial score (nSPS) is 15.2. The van der Waals surface area contributed by atoms with Gasteiger partial charge in [-0.3, -0.25) is 14.5 Å². The van der Waals surface area contributed by atoms with Gasteiger partial charge in [0.25, 0.3) is 5.91 Å². The summed E-state index contributed by atoms with van der Waals surface area (Å²) in [5.74, 6) is -0.327. The molecule has 0 atom stereocenters. The third kappa shape index (κ3) is 5.75. The zero-order valence-corrected chi connectivity index (χ0v) is 18.8. The second kappa shape index (κ2) is 10.3. The molecule has 7 heteroatoms. The van der Waals surface area contributed by atoms with Crippen LogP contribution >= 0.6 is 23.2 Å². The molecule has 1 aliphatic heterocycles. The van der Waals surface area contributed by atoms with E-state index in [1.807, 2.05) is 38.1 Å². The number of hydrogen-bond donors (Lipinski definition) is 2. The second-order valence-electron chi connectivity index (χ2n) is 7.91. The maximum atomic E-state index is 12.8. The van der Waals surface area contributed by atoms with Gasteiger partial charge >= 0.3 is 0 Å². The Kier molecular flexibility index (Phi) is 7.75. The largest absolute Gasteiger partial charge is 0.350 e. The number of piperidine rings is 1. The molecular weight excluding hydrogens is 421 g/mol. The Labute approximate surface area is 187 Å². The average Bonchev–Trinajstić information content (AvgIpc) is 2.71. The standard InChI is InChI=1S/C23H27Cl2N3O2/c1-15(2)26-23(30)17-6-3-4-9-21(17)27-22(29)16-10-12-28(13-11-16)14-18-19(24)7-5-8-20(18)25/h3-9,15-16H,10-14H2,1-2H3,(H,26,30)(H,27,29). The molecule has 0 spiro atoms. The van der Waals surface area contributed by atoms with Crippen LogP contribution < -0.4 is 10.6 Å². The number of para-hydroxylation sites is 1. The van der Waals surface area contributed by atoms with E-state index in [1.54, 1.807) is 18.2 Å². The number of halogens is 2. The predicted molar refractivity (Wildman–Crippen MR) is 122 cm³/mol. The number of carbonyl (C=O) groups is 2. The Morgan fingerprint density at radius 2 is 1.67 bits per heavy atom. The molecule has 2 N–H and O–H groups in total. The van der Waals surface area contributed by atoms with Gasteiger partial charge in [-0.2, -0.15) is 0 Å². The van der Waals surface area contributed by atoms with E-state index in [0.717, 1.165) is 31.5 Å². The minimum Gasteiger partial charge on any atom is -0.350 e. The van der Waals surface area contributed by atoms with E-state index in [2.05, 4.69) is 15.5 Å². The molecule has 2 aromatic rings. The Hall–Kier alpha value is -2.08. The number of anilines is 1. The monoisotopic (exact) mass is 447 g/mol. The molecule has 3 rings (SSSR count). The highest BCUT2D eigenvalue weighted by molar-refractivity contribution is 6.35. The van der Waals surface area contributed by atoms with Crippen LogP contribution in [-0.2, 0) is 11.3 Å². The SMILES string of the molecule is CC(C)NC(=O)c1ccccc1NC(=O)C1CCN(Cc2c(Cl)cccc2Cl)CC1. The molecule has 1 fully saturated rings. The van der Waals surface area contributed by atoms with Gasteiger partial charge in [0.2, 0.25) is 5.91 Å². The molecule has 160 valence electrons. The maximum Gasteiger partial charge on any atom is 0.253 e. The number of nitrogens with one attached hydrogen (secondary N) is 2. The van der Waals surface area contributed by atoms with Crippen LogP contribution in [-0.4, -0.2) is 35.8 Å². The molecule has 30 heavy (non-hydrogen) atoms. The smallest absolute Gasteiger partial charge is 0.253 e. The lowest BCUT2D eigenvalue weighted by atomic mass is 9.95. The molecule has 1 heterocycles. The van der Waals surface area contributed by atoms with Gasteiger partial charge in [-0.15, -0.1) is 0 Å². The molecule has 5 nitrogen and oxygen atoms in total. The van der Waals surface area contributed by atoms with Crippen LogP contribution in [0.25, 0.3) is 0 Å². The first kappa shape index (κ1) is 22.6. The summed E-state index contributed by atoms with van der Waals surface area (Å²) in [5, 5.41) is 7.16. The van der Waals surface area contributed by atoms with E-state index >= 15 is 0 Å². The van der Waals surface area contributed by atoms with Crippen molar-refractivity contribution >= 4 is 40.7 Å². The van der Waals surface area contributed by atoms with Crippen molar-refractivity contribution in [3.63, 3.8) is 0 Å². The molecule has 1 saturated heterocycles. The van der Waals surface area contributed by atoms with Gasteiger partial charge in [-0.1, -0.05) is 41.4 Å². The quantitative estimate of drug-likeness (QED) is 0.655. The number of nitrogens with zero attached hydrogens (tertiary/aromatic N) is 1. The van der Waals surface area contributed by atoms with E-state index < -0.39 is 0 Å². The first-order chi connectivity index (χ1) is 14.3. The number of likely N-dealkylation sites (tertiary alicyclic amines) is 1. The summed E-state index contributed by atoms with van der Waals surface area (Å²) in [6, 6.07) is 12.7. The molecule has 2 amide bonds. The van der Waals surface area contributed by atoms with Crippen molar-refractivity contribution in [1.82, 2.24) is 10.2 Å². The van der Waals surface area contributed by atoms with Crippen molar-refractivity contribution in [1.29, 1.82) is 0 Å². The Balaban J connectivity index is 1.58. The summed E-state index contributed by atoms with van der Waals surface area (Å²) in [6.45, 7) is 6.06. The highest BCUT2D eigenvalue weighted by Crippen LogP contribution is 2.28. The molecule has 0 bridgehead atoms. The van der Waals surface area contributed by atoms with Gasteiger partial charge in [0.05, 0.1) is 11.3 Å². The summed E-state index contributed by atoms with van der Waals surface area (Å²) in [5.41, 5.74) is 1.95. The molecule has 0 unspecified atom stereocenters. The second-order valence-corrected chi connectivity index (χ2v) is 8.73. The van der Waals surface area contributed by atoms with Crippen LogP contribution in [0.3, 0.4) is 0 Å². The van der Waals surface area contributed by atoms with Crippen molar-refractivity contribution in [2.24, 2.45) is 5.92 Å². The van der Waals surface area contributed by atoms with Crippen LogP contribution in [0, 0.1) is 5.92 Å². The van der Waals surface area contributed by atoms with Crippen LogP contribution in [0.1, 0.15) is 42.6 Å². The van der Waals surface area contributed by atoms with Crippen LogP contribution in [0.5, 0.6) is 0 Å². The molecule has 0 aliphatic carbocycles. The third-order valence-electron chi connectivity index (χ3n) is 5.25. The molecule has 0 saturated carbocycles. The molecule has 1 aliphatic rings. The van der Waals surface area contributed by atoms with E-state index in [-0.39, 0.29) is 23.8 Å². The summed E-state index contributed by atoms with van der Waals surface area (Å²) in [4.78, 5) is 27.5. The zero-order chi connectivity index (χ0) is 21.7. The topological polar surface area (TPSA) is 61.4 Å². The van der Waals surface area contributed by atoms with Gasteiger partial charge in [0.1, 0.15) is 0 Å².